The number of hydrogen-bond acceptors (Lipinski definition) is 5. The summed E-state index contributed by atoms with van der Waals surface area (Å²) < 4.78 is 28.8. The molecule has 20 heavy (non-hydrogen) atoms. The molecule has 108 valence electrons. The fourth-order valence-electron chi connectivity index (χ4n) is 1.61. The molecule has 0 atom stereocenters. The predicted octanol–water partition coefficient (Wildman–Crippen LogP) is 0.681. The van der Waals surface area contributed by atoms with Crippen molar-refractivity contribution < 1.29 is 8.42 Å². The van der Waals surface area contributed by atoms with Gasteiger partial charge in [0, 0.05) is 30.2 Å². The highest BCUT2D eigenvalue weighted by Gasteiger charge is 2.17. The van der Waals surface area contributed by atoms with E-state index >= 15 is 0 Å². The van der Waals surface area contributed by atoms with Gasteiger partial charge in [0.1, 0.15) is 6.33 Å². The largest absolute Gasteiger partial charge is 0.399 e. The monoisotopic (exact) mass is 359 g/mol. The number of hydrogen-bond donors (Lipinski definition) is 2. The van der Waals surface area contributed by atoms with Crippen molar-refractivity contribution in [2.24, 2.45) is 7.05 Å². The first-order valence-corrected chi connectivity index (χ1v) is 8.05. The van der Waals surface area contributed by atoms with Crippen LogP contribution in [0.15, 0.2) is 33.9 Å². The minimum Gasteiger partial charge on any atom is -0.399 e. The van der Waals surface area contributed by atoms with Crippen LogP contribution in [0.5, 0.6) is 0 Å². The van der Waals surface area contributed by atoms with Crippen molar-refractivity contribution in [2.45, 2.75) is 11.3 Å². The number of nitrogens with one attached hydrogen (secondary N) is 1. The maximum absolute atomic E-state index is 12.1. The lowest BCUT2D eigenvalue weighted by Gasteiger charge is -2.08. The quantitative estimate of drug-likeness (QED) is 0.764. The Morgan fingerprint density at radius 2 is 2.20 bits per heavy atom. The summed E-state index contributed by atoms with van der Waals surface area (Å²) in [5.74, 6) is 0.589. The van der Waals surface area contributed by atoms with Gasteiger partial charge in [-0.05, 0) is 34.1 Å². The van der Waals surface area contributed by atoms with E-state index in [2.05, 4.69) is 30.7 Å². The normalized spacial score (nSPS) is 11.7. The zero-order chi connectivity index (χ0) is 14.8. The molecular formula is C11H14BrN5O2S. The van der Waals surface area contributed by atoms with Gasteiger partial charge >= 0.3 is 0 Å². The van der Waals surface area contributed by atoms with Crippen molar-refractivity contribution in [2.75, 3.05) is 12.3 Å². The molecule has 9 heteroatoms. The van der Waals surface area contributed by atoms with Crippen molar-refractivity contribution in [1.82, 2.24) is 19.5 Å². The minimum atomic E-state index is -3.59. The fraction of sp³-hybridized carbons (Fsp3) is 0.273. The average molecular weight is 360 g/mol. The number of nitrogens with two attached hydrogens (primary N) is 1. The van der Waals surface area contributed by atoms with Gasteiger partial charge < -0.3 is 5.73 Å². The van der Waals surface area contributed by atoms with Crippen LogP contribution in [0.25, 0.3) is 0 Å². The summed E-state index contributed by atoms with van der Waals surface area (Å²) in [6.45, 7) is 0.225. The molecular weight excluding hydrogens is 346 g/mol. The molecule has 0 fully saturated rings. The Hall–Kier alpha value is -1.45. The molecule has 0 aliphatic rings. The SMILES string of the molecule is Cn1cnc(CCNS(=O)(=O)c2ccc(N)cc2Br)n1. The molecule has 2 rings (SSSR count). The van der Waals surface area contributed by atoms with Crippen LogP contribution in [0.3, 0.4) is 0 Å². The summed E-state index contributed by atoms with van der Waals surface area (Å²) >= 11 is 3.20. The van der Waals surface area contributed by atoms with E-state index in [4.69, 9.17) is 5.73 Å². The third-order valence-electron chi connectivity index (χ3n) is 2.53. The van der Waals surface area contributed by atoms with E-state index in [0.717, 1.165) is 0 Å². The first kappa shape index (κ1) is 14.9. The fourth-order valence-corrected chi connectivity index (χ4v) is 3.73. The first-order valence-electron chi connectivity index (χ1n) is 5.78. The Bertz CT molecular complexity index is 713. The van der Waals surface area contributed by atoms with Crippen LogP contribution < -0.4 is 10.5 Å². The number of aryl methyl sites for hydroxylation is 1. The smallest absolute Gasteiger partial charge is 0.241 e. The molecule has 7 nitrogen and oxygen atoms in total. The third-order valence-corrected chi connectivity index (χ3v) is 4.97. The molecule has 0 saturated carbocycles. The van der Waals surface area contributed by atoms with Gasteiger partial charge in [-0.3, -0.25) is 4.68 Å². The van der Waals surface area contributed by atoms with E-state index < -0.39 is 10.0 Å². The second-order valence-electron chi connectivity index (χ2n) is 4.17. The van der Waals surface area contributed by atoms with Crippen molar-refractivity contribution in [3.63, 3.8) is 0 Å². The van der Waals surface area contributed by atoms with Gasteiger partial charge in [0.15, 0.2) is 5.82 Å². The van der Waals surface area contributed by atoms with Crippen LogP contribution in [0.2, 0.25) is 0 Å². The van der Waals surface area contributed by atoms with Crippen molar-refractivity contribution in [1.29, 1.82) is 0 Å². The maximum Gasteiger partial charge on any atom is 0.241 e. The summed E-state index contributed by atoms with van der Waals surface area (Å²) in [5.41, 5.74) is 6.08. The van der Waals surface area contributed by atoms with Crippen LogP contribution in [-0.2, 0) is 23.5 Å². The number of nitrogens with zero attached hydrogens (tertiary/aromatic N) is 3. The van der Waals surface area contributed by atoms with E-state index in [9.17, 15) is 8.42 Å². The highest BCUT2D eigenvalue weighted by Crippen LogP contribution is 2.23. The van der Waals surface area contributed by atoms with Gasteiger partial charge in [-0.25, -0.2) is 18.1 Å². The minimum absolute atomic E-state index is 0.153. The lowest BCUT2D eigenvalue weighted by molar-refractivity contribution is 0.580. The standard InChI is InChI=1S/C11H14BrN5O2S/c1-17-7-14-11(16-17)4-5-15-20(18,19)10-3-2-8(13)6-9(10)12/h2-3,6-7,15H,4-5,13H2,1H3. The zero-order valence-electron chi connectivity index (χ0n) is 10.7. The van der Waals surface area contributed by atoms with E-state index in [1.165, 1.54) is 6.07 Å². The molecule has 1 aromatic carbocycles. The Morgan fingerprint density at radius 3 is 2.80 bits per heavy atom. The highest BCUT2D eigenvalue weighted by molar-refractivity contribution is 9.10. The molecule has 0 unspecified atom stereocenters. The summed E-state index contributed by atoms with van der Waals surface area (Å²) in [6, 6.07) is 4.55. The highest BCUT2D eigenvalue weighted by atomic mass is 79.9. The van der Waals surface area contributed by atoms with Gasteiger partial charge in [-0.15, -0.1) is 0 Å². The van der Waals surface area contributed by atoms with E-state index in [-0.39, 0.29) is 11.4 Å². The van der Waals surface area contributed by atoms with E-state index in [0.29, 0.717) is 22.4 Å². The summed E-state index contributed by atoms with van der Waals surface area (Å²) in [6.07, 6.45) is 1.99. The zero-order valence-corrected chi connectivity index (χ0v) is 13.1. The maximum atomic E-state index is 12.1. The van der Waals surface area contributed by atoms with Gasteiger partial charge in [0.25, 0.3) is 0 Å². The topological polar surface area (TPSA) is 103 Å². The third kappa shape index (κ3) is 3.56. The Labute approximate surface area is 125 Å². The molecule has 2 aromatic rings. The number of aromatic nitrogens is 3. The number of nitrogen functional groups attached to an aromatic ring is 1. The lowest BCUT2D eigenvalue weighted by Crippen LogP contribution is -2.26. The summed E-state index contributed by atoms with van der Waals surface area (Å²) in [5, 5.41) is 4.08. The van der Waals surface area contributed by atoms with Gasteiger partial charge in [0.05, 0.1) is 4.90 Å². The molecule has 0 bridgehead atoms. The van der Waals surface area contributed by atoms with Crippen molar-refractivity contribution >= 4 is 31.6 Å². The predicted molar refractivity (Wildman–Crippen MR) is 78.4 cm³/mol. The molecule has 0 saturated heterocycles. The van der Waals surface area contributed by atoms with Gasteiger partial charge in [-0.1, -0.05) is 0 Å². The van der Waals surface area contributed by atoms with Crippen LogP contribution in [0.1, 0.15) is 5.82 Å². The Balaban J connectivity index is 2.04. The molecule has 3 N–H and O–H groups in total. The lowest BCUT2D eigenvalue weighted by atomic mass is 10.3. The second-order valence-corrected chi connectivity index (χ2v) is 6.76. The summed E-state index contributed by atoms with van der Waals surface area (Å²) in [4.78, 5) is 4.18. The average Bonchev–Trinajstić information content (AvgIpc) is 2.74. The molecule has 1 aromatic heterocycles. The first-order chi connectivity index (χ1) is 9.38. The molecule has 0 amide bonds. The molecule has 0 aliphatic carbocycles. The summed E-state index contributed by atoms with van der Waals surface area (Å²) in [7, 11) is -1.83. The number of rotatable bonds is 5. The number of sulfonamides is 1. The van der Waals surface area contributed by atoms with Crippen LogP contribution in [0.4, 0.5) is 5.69 Å². The molecule has 0 aliphatic heterocycles. The van der Waals surface area contributed by atoms with Crippen LogP contribution in [0, 0.1) is 0 Å². The van der Waals surface area contributed by atoms with E-state index in [1.807, 2.05) is 0 Å². The molecule has 0 radical (unpaired) electrons. The van der Waals surface area contributed by atoms with Crippen molar-refractivity contribution in [3.8, 4) is 0 Å². The number of anilines is 1. The Kier molecular flexibility index (Phi) is 4.41. The van der Waals surface area contributed by atoms with E-state index in [1.54, 1.807) is 30.2 Å². The van der Waals surface area contributed by atoms with Crippen molar-refractivity contribution in [3.05, 3.63) is 34.8 Å². The number of benzene rings is 1. The molecule has 1 heterocycles. The van der Waals surface area contributed by atoms with Crippen LogP contribution >= 0.6 is 15.9 Å². The van der Waals surface area contributed by atoms with Gasteiger partial charge in [-0.2, -0.15) is 5.10 Å². The Morgan fingerprint density at radius 1 is 1.45 bits per heavy atom. The second kappa shape index (κ2) is 5.90. The van der Waals surface area contributed by atoms with Crippen LogP contribution in [-0.4, -0.2) is 29.7 Å². The van der Waals surface area contributed by atoms with Gasteiger partial charge in [0.2, 0.25) is 10.0 Å². The number of halogens is 1. The molecule has 0 spiro atoms.